The molecule has 2 N–H and O–H groups in total. The minimum absolute atomic E-state index is 0.0235. The number of halogens is 3. The fraction of sp³-hybridized carbons (Fsp3) is 0.538. The zero-order valence-electron chi connectivity index (χ0n) is 22.3. The first-order valence-corrected chi connectivity index (χ1v) is 13.1. The lowest BCUT2D eigenvalue weighted by Crippen LogP contribution is -2.40. The number of carbonyl (C=O) groups excluding carboxylic acids is 2. The smallest absolute Gasteiger partial charge is 0.410 e. The molecule has 3 amide bonds. The number of nitrogens with one attached hydrogen (secondary N) is 2. The van der Waals surface area contributed by atoms with E-state index in [4.69, 9.17) is 13.9 Å². The summed E-state index contributed by atoms with van der Waals surface area (Å²) in [5, 5.41) is 9.11. The van der Waals surface area contributed by atoms with Crippen LogP contribution in [-0.4, -0.2) is 76.3 Å². The summed E-state index contributed by atoms with van der Waals surface area (Å²) in [7, 11) is 1.41. The van der Waals surface area contributed by atoms with E-state index in [1.165, 1.54) is 7.11 Å². The number of alkyl halides is 3. The molecule has 4 atom stereocenters. The topological polar surface area (TPSA) is 124 Å². The number of oxazole rings is 1. The van der Waals surface area contributed by atoms with Gasteiger partial charge in [-0.05, 0) is 50.5 Å². The molecule has 216 valence electrons. The average molecular weight is 565 g/mol. The van der Waals surface area contributed by atoms with Gasteiger partial charge in [-0.1, -0.05) is 6.07 Å². The van der Waals surface area contributed by atoms with Crippen molar-refractivity contribution < 1.29 is 36.7 Å². The standard InChI is InChI=1S/C26H31F3N6O5/c1-4-35-18(9-10-30-35)23(36)33-22(14(2)39-16-6-7-16)24-31-17-11-15(5-8-20(17)40-24)19(13-38-3)34-12-21(26(27,28)29)32-25(34)37/h5,8-11,14,16,19,21-22H,4,6-7,12-13H2,1-3H3,(H,32,37)(H,33,36). The molecule has 14 heteroatoms. The molecule has 3 aromatic rings. The van der Waals surface area contributed by atoms with E-state index in [1.54, 1.807) is 35.1 Å². The van der Waals surface area contributed by atoms with Crippen molar-refractivity contribution in [2.24, 2.45) is 0 Å². The number of rotatable bonds is 11. The molecule has 4 unspecified atom stereocenters. The molecule has 40 heavy (non-hydrogen) atoms. The third-order valence-corrected chi connectivity index (χ3v) is 7.05. The van der Waals surface area contributed by atoms with Gasteiger partial charge in [-0.3, -0.25) is 9.48 Å². The van der Waals surface area contributed by atoms with Gasteiger partial charge in [-0.2, -0.15) is 18.3 Å². The summed E-state index contributed by atoms with van der Waals surface area (Å²) in [5.41, 5.74) is 1.73. The largest absolute Gasteiger partial charge is 0.438 e. The molecule has 2 aliphatic rings. The van der Waals surface area contributed by atoms with Gasteiger partial charge in [0, 0.05) is 19.9 Å². The van der Waals surface area contributed by atoms with E-state index in [0.717, 1.165) is 17.7 Å². The van der Waals surface area contributed by atoms with E-state index >= 15 is 0 Å². The number of benzene rings is 1. The van der Waals surface area contributed by atoms with Crippen molar-refractivity contribution in [3.05, 3.63) is 47.6 Å². The first-order valence-electron chi connectivity index (χ1n) is 13.1. The van der Waals surface area contributed by atoms with Crippen LogP contribution in [0.5, 0.6) is 0 Å². The number of methoxy groups -OCH3 is 1. The predicted molar refractivity (Wildman–Crippen MR) is 135 cm³/mol. The van der Waals surface area contributed by atoms with Crippen LogP contribution in [0.1, 0.15) is 60.7 Å². The van der Waals surface area contributed by atoms with Crippen molar-refractivity contribution in [2.75, 3.05) is 20.3 Å². The van der Waals surface area contributed by atoms with Crippen LogP contribution in [0.15, 0.2) is 34.9 Å². The highest BCUT2D eigenvalue weighted by Gasteiger charge is 2.48. The van der Waals surface area contributed by atoms with Crippen LogP contribution in [0.25, 0.3) is 11.1 Å². The number of hydrogen-bond donors (Lipinski definition) is 2. The fourth-order valence-corrected chi connectivity index (χ4v) is 4.80. The SMILES string of the molecule is CCn1nccc1C(=O)NC(c1nc2cc(C(COC)N3CC(C(F)(F)F)NC3=O)ccc2o1)C(C)OC1CC1. The Kier molecular flexibility index (Phi) is 7.73. The van der Waals surface area contributed by atoms with E-state index in [-0.39, 0.29) is 24.5 Å². The van der Waals surface area contributed by atoms with Crippen LogP contribution < -0.4 is 10.6 Å². The minimum Gasteiger partial charge on any atom is -0.438 e. The zero-order valence-corrected chi connectivity index (χ0v) is 22.3. The Morgan fingerprint density at radius 1 is 1.30 bits per heavy atom. The van der Waals surface area contributed by atoms with Gasteiger partial charge in [-0.15, -0.1) is 0 Å². The number of nitrogens with zero attached hydrogens (tertiary/aromatic N) is 4. The van der Waals surface area contributed by atoms with E-state index in [1.807, 2.05) is 19.2 Å². The van der Waals surface area contributed by atoms with Gasteiger partial charge in [0.05, 0.1) is 31.4 Å². The van der Waals surface area contributed by atoms with Gasteiger partial charge >= 0.3 is 12.2 Å². The predicted octanol–water partition coefficient (Wildman–Crippen LogP) is 3.73. The van der Waals surface area contributed by atoms with Crippen molar-refractivity contribution in [2.45, 2.75) is 69.7 Å². The number of ether oxygens (including phenoxy) is 2. The van der Waals surface area contributed by atoms with Crippen LogP contribution in [0.4, 0.5) is 18.0 Å². The van der Waals surface area contributed by atoms with E-state index in [9.17, 15) is 22.8 Å². The summed E-state index contributed by atoms with van der Waals surface area (Å²) in [4.78, 5) is 31.3. The average Bonchev–Trinajstić information content (AvgIpc) is 3.29. The molecule has 5 rings (SSSR count). The third kappa shape index (κ3) is 5.77. The first-order chi connectivity index (χ1) is 19.1. The Labute approximate surface area is 228 Å². The molecule has 2 aromatic heterocycles. The van der Waals surface area contributed by atoms with Crippen molar-refractivity contribution in [1.29, 1.82) is 0 Å². The Hall–Kier alpha value is -3.65. The molecule has 2 fully saturated rings. The highest BCUT2D eigenvalue weighted by Crippen LogP contribution is 2.34. The van der Waals surface area contributed by atoms with Crippen LogP contribution in [0.3, 0.4) is 0 Å². The second-order valence-corrected chi connectivity index (χ2v) is 9.97. The zero-order chi connectivity index (χ0) is 28.6. The molecule has 0 bridgehead atoms. The van der Waals surface area contributed by atoms with Gasteiger partial charge in [0.15, 0.2) is 5.58 Å². The maximum atomic E-state index is 13.3. The van der Waals surface area contributed by atoms with Gasteiger partial charge < -0.3 is 29.4 Å². The number of amides is 3. The summed E-state index contributed by atoms with van der Waals surface area (Å²) in [6.45, 7) is 3.66. The number of aryl methyl sites for hydroxylation is 1. The number of fused-ring (bicyclic) bond motifs is 1. The maximum Gasteiger partial charge on any atom is 0.410 e. The molecule has 1 aliphatic carbocycles. The van der Waals surface area contributed by atoms with Crippen LogP contribution in [0, 0.1) is 0 Å². The molecule has 0 radical (unpaired) electrons. The van der Waals surface area contributed by atoms with Crippen LogP contribution >= 0.6 is 0 Å². The lowest BCUT2D eigenvalue weighted by atomic mass is 10.1. The van der Waals surface area contributed by atoms with Gasteiger partial charge in [0.25, 0.3) is 5.91 Å². The summed E-state index contributed by atoms with van der Waals surface area (Å²) >= 11 is 0. The van der Waals surface area contributed by atoms with Gasteiger partial charge in [0.1, 0.15) is 23.3 Å². The number of carbonyl (C=O) groups is 2. The lowest BCUT2D eigenvalue weighted by molar-refractivity contribution is -0.150. The minimum atomic E-state index is -4.57. The Bertz CT molecular complexity index is 1370. The van der Waals surface area contributed by atoms with Crippen molar-refractivity contribution in [1.82, 2.24) is 30.3 Å². The lowest BCUT2D eigenvalue weighted by Gasteiger charge is -2.27. The third-order valence-electron chi connectivity index (χ3n) is 7.05. The van der Waals surface area contributed by atoms with Crippen LogP contribution in [-0.2, 0) is 16.0 Å². The second-order valence-electron chi connectivity index (χ2n) is 9.97. The Morgan fingerprint density at radius 2 is 2.08 bits per heavy atom. The van der Waals surface area contributed by atoms with E-state index in [2.05, 4.69) is 15.4 Å². The van der Waals surface area contributed by atoms with Crippen molar-refractivity contribution in [3.63, 3.8) is 0 Å². The second kappa shape index (κ2) is 11.1. The molecular formula is C26H31F3N6O5. The van der Waals surface area contributed by atoms with E-state index in [0.29, 0.717) is 28.9 Å². The first kappa shape index (κ1) is 27.9. The molecule has 1 saturated heterocycles. The highest BCUT2D eigenvalue weighted by molar-refractivity contribution is 5.92. The molecule has 3 heterocycles. The summed E-state index contributed by atoms with van der Waals surface area (Å²) in [5.74, 6) is -0.145. The molecule has 11 nitrogen and oxygen atoms in total. The summed E-state index contributed by atoms with van der Waals surface area (Å²) in [6.07, 6.45) is -1.51. The molecule has 1 saturated carbocycles. The van der Waals surface area contributed by atoms with Crippen molar-refractivity contribution in [3.8, 4) is 0 Å². The van der Waals surface area contributed by atoms with Gasteiger partial charge in [0.2, 0.25) is 5.89 Å². The number of hydrogen-bond acceptors (Lipinski definition) is 7. The molecule has 1 aliphatic heterocycles. The number of aromatic nitrogens is 3. The molecular weight excluding hydrogens is 533 g/mol. The van der Waals surface area contributed by atoms with E-state index < -0.39 is 43.0 Å². The van der Waals surface area contributed by atoms with Crippen molar-refractivity contribution >= 4 is 23.0 Å². The fourth-order valence-electron chi connectivity index (χ4n) is 4.80. The summed E-state index contributed by atoms with van der Waals surface area (Å²) < 4.78 is 58.7. The Morgan fingerprint density at radius 3 is 2.73 bits per heavy atom. The quantitative estimate of drug-likeness (QED) is 0.364. The van der Waals surface area contributed by atoms with Gasteiger partial charge in [-0.25, -0.2) is 9.78 Å². The molecule has 1 aromatic carbocycles. The Balaban J connectivity index is 1.43. The molecule has 0 spiro atoms. The highest BCUT2D eigenvalue weighted by atomic mass is 19.4. The summed E-state index contributed by atoms with van der Waals surface area (Å²) in [6, 6.07) is 2.25. The van der Waals surface area contributed by atoms with Crippen LogP contribution in [0.2, 0.25) is 0 Å². The maximum absolute atomic E-state index is 13.3. The number of urea groups is 1. The monoisotopic (exact) mass is 564 g/mol. The normalized spacial score (nSPS) is 20.0.